The number of carbonyl (C=O) groups excluding carboxylic acids is 1. The molecule has 0 spiro atoms. The van der Waals surface area contributed by atoms with Crippen LogP contribution in [0.3, 0.4) is 0 Å². The molecule has 0 bridgehead atoms. The van der Waals surface area contributed by atoms with Crippen LogP contribution in [-0.4, -0.2) is 24.2 Å². The molecule has 1 aliphatic rings. The van der Waals surface area contributed by atoms with Gasteiger partial charge < -0.3 is 10.4 Å². The Bertz CT molecular complexity index is 270. The third kappa shape index (κ3) is 5.13. The van der Waals surface area contributed by atoms with Crippen LogP contribution in [0.5, 0.6) is 0 Å². The van der Waals surface area contributed by atoms with Crippen molar-refractivity contribution in [2.75, 3.05) is 13.2 Å². The number of rotatable bonds is 7. The van der Waals surface area contributed by atoms with Crippen molar-refractivity contribution in [3.63, 3.8) is 0 Å². The molecule has 3 heteroatoms. The minimum Gasteiger partial charge on any atom is -0.396 e. The number of nitrogens with one attached hydrogen (secondary N) is 1. The van der Waals surface area contributed by atoms with E-state index in [4.69, 9.17) is 5.11 Å². The molecule has 0 aliphatic heterocycles. The van der Waals surface area contributed by atoms with E-state index in [1.807, 2.05) is 0 Å². The number of aliphatic hydroxyl groups excluding tert-OH is 1. The molecule has 3 nitrogen and oxygen atoms in total. The van der Waals surface area contributed by atoms with Crippen LogP contribution < -0.4 is 5.32 Å². The Morgan fingerprint density at radius 2 is 2.11 bits per heavy atom. The van der Waals surface area contributed by atoms with E-state index >= 15 is 0 Å². The SMILES string of the molecule is CCCC(CCO)CNC(=O)C1CCCCC1(C)C. The highest BCUT2D eigenvalue weighted by molar-refractivity contribution is 5.79. The molecular weight excluding hydrogens is 238 g/mol. The Hall–Kier alpha value is -0.570. The van der Waals surface area contributed by atoms with Gasteiger partial charge in [0.15, 0.2) is 0 Å². The van der Waals surface area contributed by atoms with Gasteiger partial charge in [-0.2, -0.15) is 0 Å². The molecule has 1 fully saturated rings. The smallest absolute Gasteiger partial charge is 0.223 e. The third-order valence-electron chi connectivity index (χ3n) is 4.62. The summed E-state index contributed by atoms with van der Waals surface area (Å²) in [5.74, 6) is 0.812. The topological polar surface area (TPSA) is 49.3 Å². The molecule has 0 heterocycles. The van der Waals surface area contributed by atoms with Gasteiger partial charge in [0, 0.05) is 19.1 Å². The summed E-state index contributed by atoms with van der Waals surface area (Å²) >= 11 is 0. The Balaban J connectivity index is 2.44. The van der Waals surface area contributed by atoms with Crippen molar-refractivity contribution in [3.8, 4) is 0 Å². The highest BCUT2D eigenvalue weighted by Gasteiger charge is 2.36. The standard InChI is InChI=1S/C16H31NO2/c1-4-7-13(9-11-18)12-17-15(19)14-8-5-6-10-16(14,2)3/h13-14,18H,4-12H2,1-3H3,(H,17,19). The Kier molecular flexibility index (Phi) is 6.84. The minimum absolute atomic E-state index is 0.138. The van der Waals surface area contributed by atoms with Crippen molar-refractivity contribution in [1.29, 1.82) is 0 Å². The van der Waals surface area contributed by atoms with Gasteiger partial charge in [0.05, 0.1) is 0 Å². The van der Waals surface area contributed by atoms with Crippen LogP contribution in [-0.2, 0) is 4.79 Å². The van der Waals surface area contributed by atoms with Crippen LogP contribution in [0.1, 0.15) is 65.7 Å². The molecule has 0 radical (unpaired) electrons. The fraction of sp³-hybridized carbons (Fsp3) is 0.938. The number of hydrogen-bond donors (Lipinski definition) is 2. The van der Waals surface area contributed by atoms with Crippen LogP contribution in [0.2, 0.25) is 0 Å². The van der Waals surface area contributed by atoms with Gasteiger partial charge in [0.25, 0.3) is 0 Å². The largest absolute Gasteiger partial charge is 0.396 e. The van der Waals surface area contributed by atoms with Crippen molar-refractivity contribution in [2.24, 2.45) is 17.3 Å². The van der Waals surface area contributed by atoms with Crippen molar-refractivity contribution in [2.45, 2.75) is 65.7 Å². The minimum atomic E-state index is 0.138. The van der Waals surface area contributed by atoms with E-state index in [0.717, 1.165) is 38.6 Å². The summed E-state index contributed by atoms with van der Waals surface area (Å²) in [5, 5.41) is 12.2. The summed E-state index contributed by atoms with van der Waals surface area (Å²) in [6, 6.07) is 0. The van der Waals surface area contributed by atoms with Crippen molar-refractivity contribution in [3.05, 3.63) is 0 Å². The van der Waals surface area contributed by atoms with E-state index in [-0.39, 0.29) is 23.8 Å². The average molecular weight is 269 g/mol. The van der Waals surface area contributed by atoms with Gasteiger partial charge in [-0.25, -0.2) is 0 Å². The normalized spacial score (nSPS) is 23.9. The first-order valence-electron chi connectivity index (χ1n) is 7.89. The van der Waals surface area contributed by atoms with Crippen LogP contribution in [0.4, 0.5) is 0 Å². The molecule has 2 unspecified atom stereocenters. The molecule has 1 aliphatic carbocycles. The second-order valence-corrected chi connectivity index (χ2v) is 6.70. The molecule has 1 rings (SSSR count). The molecule has 0 aromatic rings. The van der Waals surface area contributed by atoms with Crippen LogP contribution in [0.25, 0.3) is 0 Å². The van der Waals surface area contributed by atoms with Gasteiger partial charge in [-0.15, -0.1) is 0 Å². The highest BCUT2D eigenvalue weighted by atomic mass is 16.3. The van der Waals surface area contributed by atoms with Gasteiger partial charge in [-0.05, 0) is 37.0 Å². The van der Waals surface area contributed by atoms with E-state index in [1.54, 1.807) is 0 Å². The first kappa shape index (κ1) is 16.5. The molecule has 0 aromatic heterocycles. The maximum atomic E-state index is 12.4. The number of hydrogen-bond acceptors (Lipinski definition) is 2. The quantitative estimate of drug-likeness (QED) is 0.746. The predicted molar refractivity (Wildman–Crippen MR) is 78.8 cm³/mol. The van der Waals surface area contributed by atoms with Crippen LogP contribution in [0.15, 0.2) is 0 Å². The lowest BCUT2D eigenvalue weighted by atomic mass is 9.68. The molecule has 0 saturated heterocycles. The maximum Gasteiger partial charge on any atom is 0.223 e. The summed E-state index contributed by atoms with van der Waals surface area (Å²) in [4.78, 5) is 12.4. The van der Waals surface area contributed by atoms with Gasteiger partial charge in [0.1, 0.15) is 0 Å². The van der Waals surface area contributed by atoms with E-state index in [2.05, 4.69) is 26.1 Å². The Morgan fingerprint density at radius 1 is 1.37 bits per heavy atom. The van der Waals surface area contributed by atoms with Crippen LogP contribution in [0, 0.1) is 17.3 Å². The number of carbonyl (C=O) groups is 1. The molecular formula is C16H31NO2. The Morgan fingerprint density at radius 3 is 2.68 bits per heavy atom. The fourth-order valence-electron chi connectivity index (χ4n) is 3.29. The molecule has 0 aromatic carbocycles. The van der Waals surface area contributed by atoms with Gasteiger partial charge in [-0.3, -0.25) is 4.79 Å². The number of amides is 1. The monoisotopic (exact) mass is 269 g/mol. The van der Waals surface area contributed by atoms with Gasteiger partial charge in [-0.1, -0.05) is 40.0 Å². The third-order valence-corrected chi connectivity index (χ3v) is 4.62. The zero-order chi connectivity index (χ0) is 14.3. The maximum absolute atomic E-state index is 12.4. The highest BCUT2D eigenvalue weighted by Crippen LogP contribution is 2.40. The predicted octanol–water partition coefficient (Wildman–Crippen LogP) is 3.12. The van der Waals surface area contributed by atoms with Gasteiger partial charge in [0.2, 0.25) is 5.91 Å². The Labute approximate surface area is 118 Å². The zero-order valence-corrected chi connectivity index (χ0v) is 12.9. The van der Waals surface area contributed by atoms with Crippen molar-refractivity contribution >= 4 is 5.91 Å². The summed E-state index contributed by atoms with van der Waals surface area (Å²) in [6.45, 7) is 7.52. The average Bonchev–Trinajstić information content (AvgIpc) is 2.35. The summed E-state index contributed by atoms with van der Waals surface area (Å²) in [5.41, 5.74) is 0.138. The zero-order valence-electron chi connectivity index (χ0n) is 12.9. The molecule has 19 heavy (non-hydrogen) atoms. The summed E-state index contributed by atoms with van der Waals surface area (Å²) in [6.07, 6.45) is 7.58. The van der Waals surface area contributed by atoms with Gasteiger partial charge >= 0.3 is 0 Å². The van der Waals surface area contributed by atoms with E-state index in [1.165, 1.54) is 12.8 Å². The van der Waals surface area contributed by atoms with E-state index < -0.39 is 0 Å². The lowest BCUT2D eigenvalue weighted by Crippen LogP contribution is -2.42. The lowest BCUT2D eigenvalue weighted by Gasteiger charge is -2.37. The molecule has 1 amide bonds. The van der Waals surface area contributed by atoms with Crippen LogP contribution >= 0.6 is 0 Å². The second kappa shape index (κ2) is 7.88. The molecule has 1 saturated carbocycles. The fourth-order valence-corrected chi connectivity index (χ4v) is 3.29. The second-order valence-electron chi connectivity index (χ2n) is 6.70. The number of aliphatic hydroxyl groups is 1. The molecule has 112 valence electrons. The molecule has 2 N–H and O–H groups in total. The van der Waals surface area contributed by atoms with E-state index in [9.17, 15) is 4.79 Å². The van der Waals surface area contributed by atoms with Crippen molar-refractivity contribution in [1.82, 2.24) is 5.32 Å². The van der Waals surface area contributed by atoms with E-state index in [0.29, 0.717) is 5.92 Å². The lowest BCUT2D eigenvalue weighted by molar-refractivity contribution is -0.130. The van der Waals surface area contributed by atoms with Crippen molar-refractivity contribution < 1.29 is 9.90 Å². The summed E-state index contributed by atoms with van der Waals surface area (Å²) < 4.78 is 0. The first-order chi connectivity index (χ1) is 9.01. The summed E-state index contributed by atoms with van der Waals surface area (Å²) in [7, 11) is 0. The first-order valence-corrected chi connectivity index (χ1v) is 7.89. The molecule has 2 atom stereocenters.